The Morgan fingerprint density at radius 3 is 2.48 bits per heavy atom. The van der Waals surface area contributed by atoms with Gasteiger partial charge in [-0.05, 0) is 43.3 Å². The van der Waals surface area contributed by atoms with Gasteiger partial charge in [-0.3, -0.25) is 4.79 Å². The molecule has 0 unspecified atom stereocenters. The zero-order valence-corrected chi connectivity index (χ0v) is 16.2. The second kappa shape index (κ2) is 9.50. The van der Waals surface area contributed by atoms with E-state index in [1.54, 1.807) is 55.5 Å². The molecule has 3 rings (SSSR count). The van der Waals surface area contributed by atoms with Crippen molar-refractivity contribution >= 4 is 17.6 Å². The number of para-hydroxylation sites is 1. The third kappa shape index (κ3) is 5.19. The van der Waals surface area contributed by atoms with Crippen LogP contribution in [0.2, 0.25) is 0 Å². The molecule has 0 aliphatic carbocycles. The van der Waals surface area contributed by atoms with Crippen molar-refractivity contribution in [2.75, 3.05) is 18.5 Å². The average Bonchev–Trinajstić information content (AvgIpc) is 3.22. The molecule has 0 fully saturated rings. The molecule has 29 heavy (non-hydrogen) atoms. The standard InChI is InChI=1S/C21H21N3O5/c1-3-19-23-24-20(29-19)14-9-11-15(12-10-14)28-13-18(25)22-17-8-6-5-7-16(17)21(26)27-4-2/h5-12H,3-4,13H2,1-2H3,(H,22,25). The summed E-state index contributed by atoms with van der Waals surface area (Å²) < 4.78 is 16.0. The normalized spacial score (nSPS) is 10.4. The van der Waals surface area contributed by atoms with Gasteiger partial charge in [-0.1, -0.05) is 19.1 Å². The molecule has 0 saturated heterocycles. The summed E-state index contributed by atoms with van der Waals surface area (Å²) in [6.45, 7) is 3.70. The van der Waals surface area contributed by atoms with Crippen LogP contribution < -0.4 is 10.1 Å². The first-order chi connectivity index (χ1) is 14.1. The molecule has 1 N–H and O–H groups in total. The van der Waals surface area contributed by atoms with Gasteiger partial charge in [0.15, 0.2) is 6.61 Å². The molecular formula is C21H21N3O5. The molecule has 0 bridgehead atoms. The van der Waals surface area contributed by atoms with Gasteiger partial charge in [0, 0.05) is 12.0 Å². The molecular weight excluding hydrogens is 374 g/mol. The molecule has 1 aromatic heterocycles. The Hall–Kier alpha value is -3.68. The summed E-state index contributed by atoms with van der Waals surface area (Å²) in [7, 11) is 0. The number of rotatable bonds is 8. The van der Waals surface area contributed by atoms with Gasteiger partial charge < -0.3 is 19.2 Å². The van der Waals surface area contributed by atoms with Crippen LogP contribution >= 0.6 is 0 Å². The number of amides is 1. The number of hydrogen-bond donors (Lipinski definition) is 1. The van der Waals surface area contributed by atoms with Crippen molar-refractivity contribution in [2.45, 2.75) is 20.3 Å². The van der Waals surface area contributed by atoms with Gasteiger partial charge in [0.1, 0.15) is 5.75 Å². The van der Waals surface area contributed by atoms with Crippen molar-refractivity contribution < 1.29 is 23.5 Å². The van der Waals surface area contributed by atoms with Gasteiger partial charge >= 0.3 is 5.97 Å². The molecule has 8 nitrogen and oxygen atoms in total. The van der Waals surface area contributed by atoms with E-state index in [0.717, 1.165) is 5.56 Å². The van der Waals surface area contributed by atoms with E-state index in [1.165, 1.54) is 0 Å². The van der Waals surface area contributed by atoms with E-state index in [4.69, 9.17) is 13.9 Å². The molecule has 0 saturated carbocycles. The lowest BCUT2D eigenvalue weighted by atomic mass is 10.2. The first-order valence-electron chi connectivity index (χ1n) is 9.22. The predicted molar refractivity (Wildman–Crippen MR) is 106 cm³/mol. The molecule has 0 atom stereocenters. The van der Waals surface area contributed by atoms with E-state index in [1.807, 2.05) is 6.92 Å². The molecule has 0 aliphatic rings. The highest BCUT2D eigenvalue weighted by molar-refractivity contribution is 6.01. The van der Waals surface area contributed by atoms with Crippen LogP contribution in [0.5, 0.6) is 5.75 Å². The van der Waals surface area contributed by atoms with E-state index >= 15 is 0 Å². The molecule has 1 amide bonds. The quantitative estimate of drug-likeness (QED) is 0.582. The smallest absolute Gasteiger partial charge is 0.340 e. The Morgan fingerprint density at radius 1 is 1.03 bits per heavy atom. The first-order valence-corrected chi connectivity index (χ1v) is 9.22. The van der Waals surface area contributed by atoms with Gasteiger partial charge in [0.25, 0.3) is 5.91 Å². The van der Waals surface area contributed by atoms with Gasteiger partial charge in [-0.25, -0.2) is 4.79 Å². The summed E-state index contributed by atoms with van der Waals surface area (Å²) in [6.07, 6.45) is 0.669. The fraction of sp³-hybridized carbons (Fsp3) is 0.238. The predicted octanol–water partition coefficient (Wildman–Crippen LogP) is 3.49. The lowest BCUT2D eigenvalue weighted by Crippen LogP contribution is -2.22. The van der Waals surface area contributed by atoms with Gasteiger partial charge in [-0.2, -0.15) is 0 Å². The second-order valence-corrected chi connectivity index (χ2v) is 5.98. The molecule has 8 heteroatoms. The maximum atomic E-state index is 12.2. The van der Waals surface area contributed by atoms with Crippen molar-refractivity contribution in [3.05, 3.63) is 60.0 Å². The number of carbonyl (C=O) groups excluding carboxylic acids is 2. The fourth-order valence-corrected chi connectivity index (χ4v) is 2.52. The lowest BCUT2D eigenvalue weighted by molar-refractivity contribution is -0.118. The van der Waals surface area contributed by atoms with Crippen LogP contribution in [0.15, 0.2) is 52.9 Å². The number of nitrogens with zero attached hydrogens (tertiary/aromatic N) is 2. The summed E-state index contributed by atoms with van der Waals surface area (Å²) in [5.41, 5.74) is 1.42. The zero-order chi connectivity index (χ0) is 20.6. The highest BCUT2D eigenvalue weighted by Gasteiger charge is 2.14. The Bertz CT molecular complexity index is 982. The molecule has 0 spiro atoms. The van der Waals surface area contributed by atoms with Crippen LogP contribution in [-0.4, -0.2) is 35.3 Å². The maximum Gasteiger partial charge on any atom is 0.340 e. The van der Waals surface area contributed by atoms with Crippen LogP contribution in [0.3, 0.4) is 0 Å². The number of hydrogen-bond acceptors (Lipinski definition) is 7. The summed E-state index contributed by atoms with van der Waals surface area (Å²) in [6, 6.07) is 13.6. The monoisotopic (exact) mass is 395 g/mol. The van der Waals surface area contributed by atoms with Gasteiger partial charge in [0.05, 0.1) is 17.9 Å². The van der Waals surface area contributed by atoms with Gasteiger partial charge in [-0.15, -0.1) is 10.2 Å². The summed E-state index contributed by atoms with van der Waals surface area (Å²) in [5.74, 6) is 0.627. The topological polar surface area (TPSA) is 104 Å². The minimum absolute atomic E-state index is 0.211. The van der Waals surface area contributed by atoms with E-state index in [2.05, 4.69) is 15.5 Å². The fourth-order valence-electron chi connectivity index (χ4n) is 2.52. The molecule has 2 aromatic carbocycles. The number of benzene rings is 2. The van der Waals surface area contributed by atoms with Crippen LogP contribution in [-0.2, 0) is 16.0 Å². The first kappa shape index (κ1) is 20.1. The summed E-state index contributed by atoms with van der Waals surface area (Å²) in [4.78, 5) is 24.2. The number of carbonyl (C=O) groups is 2. The number of anilines is 1. The van der Waals surface area contributed by atoms with Crippen molar-refractivity contribution in [1.29, 1.82) is 0 Å². The van der Waals surface area contributed by atoms with Crippen LogP contribution in [0.25, 0.3) is 11.5 Å². The number of aryl methyl sites for hydroxylation is 1. The van der Waals surface area contributed by atoms with Gasteiger partial charge in [0.2, 0.25) is 11.8 Å². The average molecular weight is 395 g/mol. The Balaban J connectivity index is 1.58. The summed E-state index contributed by atoms with van der Waals surface area (Å²) in [5, 5.41) is 10.6. The van der Waals surface area contributed by atoms with Crippen molar-refractivity contribution in [1.82, 2.24) is 10.2 Å². The van der Waals surface area contributed by atoms with Crippen LogP contribution in [0.4, 0.5) is 5.69 Å². The van der Waals surface area contributed by atoms with Crippen LogP contribution in [0.1, 0.15) is 30.1 Å². The minimum atomic E-state index is -0.493. The Morgan fingerprint density at radius 2 is 1.79 bits per heavy atom. The van der Waals surface area contributed by atoms with E-state index in [0.29, 0.717) is 29.6 Å². The molecule has 0 aliphatic heterocycles. The highest BCUT2D eigenvalue weighted by Crippen LogP contribution is 2.22. The minimum Gasteiger partial charge on any atom is -0.484 e. The number of nitrogens with one attached hydrogen (secondary N) is 1. The zero-order valence-electron chi connectivity index (χ0n) is 16.2. The number of aromatic nitrogens is 2. The molecule has 150 valence electrons. The van der Waals surface area contributed by atoms with Crippen LogP contribution in [0, 0.1) is 0 Å². The second-order valence-electron chi connectivity index (χ2n) is 5.98. The van der Waals surface area contributed by atoms with Crippen molar-refractivity contribution in [2.24, 2.45) is 0 Å². The van der Waals surface area contributed by atoms with E-state index in [-0.39, 0.29) is 18.8 Å². The number of ether oxygens (including phenoxy) is 2. The number of esters is 1. The lowest BCUT2D eigenvalue weighted by Gasteiger charge is -2.11. The Labute approximate surface area is 167 Å². The van der Waals surface area contributed by atoms with Crippen molar-refractivity contribution in [3.8, 4) is 17.2 Å². The molecule has 3 aromatic rings. The maximum absolute atomic E-state index is 12.2. The SMILES string of the molecule is CCOC(=O)c1ccccc1NC(=O)COc1ccc(-c2nnc(CC)o2)cc1. The third-order valence-corrected chi connectivity index (χ3v) is 3.94. The highest BCUT2D eigenvalue weighted by atomic mass is 16.5. The third-order valence-electron chi connectivity index (χ3n) is 3.94. The van der Waals surface area contributed by atoms with E-state index < -0.39 is 11.9 Å². The van der Waals surface area contributed by atoms with Crippen molar-refractivity contribution in [3.63, 3.8) is 0 Å². The summed E-state index contributed by atoms with van der Waals surface area (Å²) >= 11 is 0. The Kier molecular flexibility index (Phi) is 6.57. The molecule has 1 heterocycles. The molecule has 0 radical (unpaired) electrons. The largest absolute Gasteiger partial charge is 0.484 e. The van der Waals surface area contributed by atoms with E-state index in [9.17, 15) is 9.59 Å².